The van der Waals surface area contributed by atoms with Gasteiger partial charge in [-0.25, -0.2) is 0 Å². The van der Waals surface area contributed by atoms with E-state index in [2.05, 4.69) is 11.9 Å². The molecule has 0 bridgehead atoms. The number of hydrogen-bond acceptors (Lipinski definition) is 3. The molecule has 1 aromatic heterocycles. The zero-order chi connectivity index (χ0) is 13.8. The molecule has 0 fully saturated rings. The summed E-state index contributed by atoms with van der Waals surface area (Å²) in [5.41, 5.74) is 1.81. The third-order valence-electron chi connectivity index (χ3n) is 2.96. The summed E-state index contributed by atoms with van der Waals surface area (Å²) >= 11 is 0. The summed E-state index contributed by atoms with van der Waals surface area (Å²) < 4.78 is 5.32. The van der Waals surface area contributed by atoms with Gasteiger partial charge < -0.3 is 4.74 Å². The molecule has 3 heteroatoms. The SMILES string of the molecule is CCc1ccc(CC(=O)C(OC)C(C)(C)C)nc1. The Morgan fingerprint density at radius 1 is 1.39 bits per heavy atom. The van der Waals surface area contributed by atoms with Gasteiger partial charge in [0.2, 0.25) is 0 Å². The highest BCUT2D eigenvalue weighted by Crippen LogP contribution is 2.23. The number of ether oxygens (including phenoxy) is 1. The van der Waals surface area contributed by atoms with Crippen molar-refractivity contribution in [3.63, 3.8) is 0 Å². The quantitative estimate of drug-likeness (QED) is 0.805. The highest BCUT2D eigenvalue weighted by Gasteiger charge is 2.31. The molecule has 18 heavy (non-hydrogen) atoms. The number of carbonyl (C=O) groups is 1. The van der Waals surface area contributed by atoms with E-state index in [0.717, 1.165) is 12.1 Å². The molecule has 1 aromatic rings. The number of ketones is 1. The van der Waals surface area contributed by atoms with Gasteiger partial charge in [0.15, 0.2) is 5.78 Å². The van der Waals surface area contributed by atoms with Crippen LogP contribution in [0, 0.1) is 5.41 Å². The first-order chi connectivity index (χ1) is 8.38. The molecule has 0 aliphatic carbocycles. The number of nitrogens with zero attached hydrogens (tertiary/aromatic N) is 1. The van der Waals surface area contributed by atoms with E-state index in [1.165, 1.54) is 5.56 Å². The fourth-order valence-corrected chi connectivity index (χ4v) is 2.01. The van der Waals surface area contributed by atoms with Crippen LogP contribution in [0.2, 0.25) is 0 Å². The Labute approximate surface area is 110 Å². The van der Waals surface area contributed by atoms with Gasteiger partial charge in [0.25, 0.3) is 0 Å². The summed E-state index contributed by atoms with van der Waals surface area (Å²) in [6.45, 7) is 8.11. The van der Waals surface area contributed by atoms with Crippen LogP contribution in [0.15, 0.2) is 18.3 Å². The number of rotatable bonds is 5. The molecule has 0 aromatic carbocycles. The lowest BCUT2D eigenvalue weighted by Crippen LogP contribution is -2.37. The number of Topliss-reactive ketones (excluding diaryl/α,β-unsaturated/α-hetero) is 1. The molecule has 1 unspecified atom stereocenters. The van der Waals surface area contributed by atoms with Crippen LogP contribution in [0.3, 0.4) is 0 Å². The summed E-state index contributed by atoms with van der Waals surface area (Å²) in [4.78, 5) is 16.5. The third-order valence-corrected chi connectivity index (χ3v) is 2.96. The van der Waals surface area contributed by atoms with Crippen molar-refractivity contribution < 1.29 is 9.53 Å². The maximum absolute atomic E-state index is 12.2. The first-order valence-electron chi connectivity index (χ1n) is 6.37. The fourth-order valence-electron chi connectivity index (χ4n) is 2.01. The van der Waals surface area contributed by atoms with E-state index in [4.69, 9.17) is 4.74 Å². The molecule has 0 aliphatic rings. The number of aryl methyl sites for hydroxylation is 1. The molecule has 1 atom stereocenters. The molecular weight excluding hydrogens is 226 g/mol. The van der Waals surface area contributed by atoms with Gasteiger partial charge in [-0.3, -0.25) is 9.78 Å². The summed E-state index contributed by atoms with van der Waals surface area (Å²) in [5, 5.41) is 0. The Morgan fingerprint density at radius 3 is 2.44 bits per heavy atom. The molecule has 3 nitrogen and oxygen atoms in total. The van der Waals surface area contributed by atoms with Gasteiger partial charge in [0.05, 0.1) is 6.42 Å². The van der Waals surface area contributed by atoms with Crippen LogP contribution < -0.4 is 0 Å². The molecule has 100 valence electrons. The van der Waals surface area contributed by atoms with E-state index >= 15 is 0 Å². The van der Waals surface area contributed by atoms with E-state index in [-0.39, 0.29) is 17.3 Å². The molecule has 0 radical (unpaired) electrons. The predicted octanol–water partition coefficient (Wildman–Crippen LogP) is 2.82. The second kappa shape index (κ2) is 6.10. The van der Waals surface area contributed by atoms with Crippen molar-refractivity contribution in [2.45, 2.75) is 46.6 Å². The summed E-state index contributed by atoms with van der Waals surface area (Å²) in [6, 6.07) is 3.95. The average Bonchev–Trinajstić information content (AvgIpc) is 2.29. The largest absolute Gasteiger partial charge is 0.373 e. The van der Waals surface area contributed by atoms with Gasteiger partial charge in [-0.1, -0.05) is 33.8 Å². The minimum absolute atomic E-state index is 0.0850. The van der Waals surface area contributed by atoms with Crippen LogP contribution in [0.5, 0.6) is 0 Å². The Hall–Kier alpha value is -1.22. The fraction of sp³-hybridized carbons (Fsp3) is 0.600. The minimum Gasteiger partial charge on any atom is -0.373 e. The number of aromatic nitrogens is 1. The van der Waals surface area contributed by atoms with Crippen molar-refractivity contribution in [3.8, 4) is 0 Å². The van der Waals surface area contributed by atoms with Crippen LogP contribution in [-0.4, -0.2) is 24.0 Å². The maximum atomic E-state index is 12.2. The summed E-state index contributed by atoms with van der Waals surface area (Å²) in [5.74, 6) is 0.0850. The van der Waals surface area contributed by atoms with Gasteiger partial charge in [0, 0.05) is 19.0 Å². The smallest absolute Gasteiger partial charge is 0.168 e. The topological polar surface area (TPSA) is 39.2 Å². The minimum atomic E-state index is -0.384. The number of carbonyl (C=O) groups excluding carboxylic acids is 1. The monoisotopic (exact) mass is 249 g/mol. The van der Waals surface area contributed by atoms with Gasteiger partial charge >= 0.3 is 0 Å². The van der Waals surface area contributed by atoms with Crippen molar-refractivity contribution >= 4 is 5.78 Å². The average molecular weight is 249 g/mol. The van der Waals surface area contributed by atoms with E-state index < -0.39 is 0 Å². The molecule has 0 saturated heterocycles. The lowest BCUT2D eigenvalue weighted by molar-refractivity contribution is -0.134. The molecule has 1 rings (SSSR count). The third kappa shape index (κ3) is 3.91. The summed E-state index contributed by atoms with van der Waals surface area (Å²) in [6.07, 6.45) is 2.75. The number of methoxy groups -OCH3 is 1. The van der Waals surface area contributed by atoms with Gasteiger partial charge in [-0.15, -0.1) is 0 Å². The lowest BCUT2D eigenvalue weighted by Gasteiger charge is -2.27. The van der Waals surface area contributed by atoms with Crippen molar-refractivity contribution in [1.29, 1.82) is 0 Å². The maximum Gasteiger partial charge on any atom is 0.168 e. The Balaban J connectivity index is 2.74. The highest BCUT2D eigenvalue weighted by molar-refractivity contribution is 5.85. The zero-order valence-corrected chi connectivity index (χ0v) is 12.0. The van der Waals surface area contributed by atoms with Gasteiger partial charge in [0.1, 0.15) is 6.10 Å². The zero-order valence-electron chi connectivity index (χ0n) is 12.0. The van der Waals surface area contributed by atoms with Crippen LogP contribution in [0.4, 0.5) is 0 Å². The van der Waals surface area contributed by atoms with Crippen LogP contribution in [0.1, 0.15) is 39.0 Å². The van der Waals surface area contributed by atoms with Gasteiger partial charge in [-0.05, 0) is 23.5 Å². The molecule has 0 N–H and O–H groups in total. The molecule has 1 heterocycles. The molecule has 0 saturated carbocycles. The van der Waals surface area contributed by atoms with Crippen LogP contribution in [0.25, 0.3) is 0 Å². The number of pyridine rings is 1. The van der Waals surface area contributed by atoms with Crippen LogP contribution >= 0.6 is 0 Å². The Bertz CT molecular complexity index is 390. The lowest BCUT2D eigenvalue weighted by atomic mass is 9.85. The molecule has 0 amide bonds. The van der Waals surface area contributed by atoms with E-state index in [0.29, 0.717) is 6.42 Å². The second-order valence-electron chi connectivity index (χ2n) is 5.64. The Morgan fingerprint density at radius 2 is 2.06 bits per heavy atom. The normalized spacial score (nSPS) is 13.4. The molecular formula is C15H23NO2. The first kappa shape index (κ1) is 14.8. The summed E-state index contributed by atoms with van der Waals surface area (Å²) in [7, 11) is 1.58. The Kier molecular flexibility index (Phi) is 5.03. The highest BCUT2D eigenvalue weighted by atomic mass is 16.5. The van der Waals surface area contributed by atoms with Gasteiger partial charge in [-0.2, -0.15) is 0 Å². The van der Waals surface area contributed by atoms with Crippen molar-refractivity contribution in [1.82, 2.24) is 4.98 Å². The van der Waals surface area contributed by atoms with E-state index in [1.54, 1.807) is 7.11 Å². The predicted molar refractivity (Wildman–Crippen MR) is 72.6 cm³/mol. The van der Waals surface area contributed by atoms with Crippen molar-refractivity contribution in [3.05, 3.63) is 29.6 Å². The molecule has 0 spiro atoms. The standard InChI is InChI=1S/C15H23NO2/c1-6-11-7-8-12(16-10-11)9-13(17)14(18-5)15(2,3)4/h7-8,10,14H,6,9H2,1-5H3. The van der Waals surface area contributed by atoms with Crippen LogP contribution in [-0.2, 0) is 22.4 Å². The van der Waals surface area contributed by atoms with E-state index in [1.807, 2.05) is 39.1 Å². The number of hydrogen-bond donors (Lipinski definition) is 0. The first-order valence-corrected chi connectivity index (χ1v) is 6.37. The second-order valence-corrected chi connectivity index (χ2v) is 5.64. The van der Waals surface area contributed by atoms with E-state index in [9.17, 15) is 4.79 Å². The van der Waals surface area contributed by atoms with Crippen molar-refractivity contribution in [2.24, 2.45) is 5.41 Å². The van der Waals surface area contributed by atoms with Crippen molar-refractivity contribution in [2.75, 3.05) is 7.11 Å². The molecule has 0 aliphatic heterocycles.